The minimum Gasteiger partial charge on any atom is -0.382 e. The Morgan fingerprint density at radius 2 is 1.75 bits per heavy atom. The highest BCUT2D eigenvalue weighted by Gasteiger charge is 2.31. The van der Waals surface area contributed by atoms with Crippen LogP contribution < -0.4 is 5.32 Å². The molecule has 1 aliphatic rings. The third kappa shape index (κ3) is 3.50. The molecular weight excluding hydrogens is 256 g/mol. The minimum atomic E-state index is -0.788. The summed E-state index contributed by atoms with van der Waals surface area (Å²) in [5, 5.41) is 3.33. The molecule has 0 aliphatic heterocycles. The van der Waals surface area contributed by atoms with E-state index in [0.717, 1.165) is 18.8 Å². The van der Waals surface area contributed by atoms with Crippen molar-refractivity contribution >= 4 is 5.69 Å². The molecule has 1 fully saturated rings. The molecular formula is C17H25F2N. The highest BCUT2D eigenvalue weighted by Crippen LogP contribution is 2.40. The lowest BCUT2D eigenvalue weighted by Gasteiger charge is -2.39. The molecule has 112 valence electrons. The van der Waals surface area contributed by atoms with E-state index < -0.39 is 11.6 Å². The predicted octanol–water partition coefficient (Wildman–Crippen LogP) is 5.37. The summed E-state index contributed by atoms with van der Waals surface area (Å²) in [6.45, 7) is 6.95. The summed E-state index contributed by atoms with van der Waals surface area (Å²) in [5.74, 6) is -0.796. The van der Waals surface area contributed by atoms with Gasteiger partial charge in [0.15, 0.2) is 11.6 Å². The van der Waals surface area contributed by atoms with Gasteiger partial charge < -0.3 is 5.32 Å². The second kappa shape index (κ2) is 6.11. The van der Waals surface area contributed by atoms with Crippen molar-refractivity contribution in [3.05, 3.63) is 29.8 Å². The standard InChI is InChI=1S/C17H25F2N/c1-4-17(2,3)12-5-7-13(8-6-12)20-14-9-10-15(18)16(19)11-14/h9-13,20H,4-8H2,1-3H3. The Morgan fingerprint density at radius 1 is 1.10 bits per heavy atom. The first-order valence-electron chi connectivity index (χ1n) is 7.64. The fraction of sp³-hybridized carbons (Fsp3) is 0.647. The Bertz CT molecular complexity index is 448. The third-order valence-corrected chi connectivity index (χ3v) is 5.03. The first-order valence-corrected chi connectivity index (χ1v) is 7.64. The van der Waals surface area contributed by atoms with Gasteiger partial charge in [-0.15, -0.1) is 0 Å². The van der Waals surface area contributed by atoms with E-state index in [2.05, 4.69) is 26.1 Å². The molecule has 0 spiro atoms. The van der Waals surface area contributed by atoms with Crippen molar-refractivity contribution in [2.24, 2.45) is 11.3 Å². The van der Waals surface area contributed by atoms with E-state index in [0.29, 0.717) is 17.1 Å². The van der Waals surface area contributed by atoms with Crippen LogP contribution in [0.5, 0.6) is 0 Å². The maximum Gasteiger partial charge on any atom is 0.160 e. The van der Waals surface area contributed by atoms with E-state index in [4.69, 9.17) is 0 Å². The topological polar surface area (TPSA) is 12.0 Å². The monoisotopic (exact) mass is 281 g/mol. The number of rotatable bonds is 4. The highest BCUT2D eigenvalue weighted by atomic mass is 19.2. The van der Waals surface area contributed by atoms with Gasteiger partial charge in [-0.2, -0.15) is 0 Å². The average Bonchev–Trinajstić information content (AvgIpc) is 2.43. The van der Waals surface area contributed by atoms with Crippen LogP contribution in [0.3, 0.4) is 0 Å². The highest BCUT2D eigenvalue weighted by molar-refractivity contribution is 5.44. The van der Waals surface area contributed by atoms with Crippen LogP contribution in [0, 0.1) is 23.0 Å². The molecule has 20 heavy (non-hydrogen) atoms. The molecule has 1 aliphatic carbocycles. The molecule has 1 aromatic carbocycles. The van der Waals surface area contributed by atoms with Crippen molar-refractivity contribution in [1.29, 1.82) is 0 Å². The molecule has 0 atom stereocenters. The van der Waals surface area contributed by atoms with Gasteiger partial charge in [0.1, 0.15) is 0 Å². The van der Waals surface area contributed by atoms with Crippen molar-refractivity contribution < 1.29 is 8.78 Å². The number of benzene rings is 1. The first kappa shape index (κ1) is 15.3. The minimum absolute atomic E-state index is 0.378. The lowest BCUT2D eigenvalue weighted by Crippen LogP contribution is -2.32. The number of hydrogen-bond donors (Lipinski definition) is 1. The quantitative estimate of drug-likeness (QED) is 0.782. The van der Waals surface area contributed by atoms with Crippen molar-refractivity contribution in [1.82, 2.24) is 0 Å². The molecule has 1 saturated carbocycles. The smallest absolute Gasteiger partial charge is 0.160 e. The van der Waals surface area contributed by atoms with Crippen LogP contribution in [-0.2, 0) is 0 Å². The molecule has 0 heterocycles. The summed E-state index contributed by atoms with van der Waals surface area (Å²) in [7, 11) is 0. The van der Waals surface area contributed by atoms with Crippen LogP contribution in [0.25, 0.3) is 0 Å². The van der Waals surface area contributed by atoms with E-state index in [1.54, 1.807) is 6.07 Å². The maximum atomic E-state index is 13.2. The molecule has 0 amide bonds. The Kier molecular flexibility index (Phi) is 4.66. The number of hydrogen-bond acceptors (Lipinski definition) is 1. The molecule has 0 bridgehead atoms. The molecule has 0 saturated heterocycles. The van der Waals surface area contributed by atoms with E-state index in [1.807, 2.05) is 0 Å². The zero-order valence-electron chi connectivity index (χ0n) is 12.7. The predicted molar refractivity (Wildman–Crippen MR) is 79.8 cm³/mol. The number of anilines is 1. The second-order valence-corrected chi connectivity index (χ2v) is 6.66. The fourth-order valence-corrected chi connectivity index (χ4v) is 3.13. The Labute approximate surface area is 120 Å². The zero-order chi connectivity index (χ0) is 14.8. The molecule has 1 N–H and O–H groups in total. The normalized spacial score (nSPS) is 23.6. The molecule has 3 heteroatoms. The number of halogens is 2. The lowest BCUT2D eigenvalue weighted by molar-refractivity contribution is 0.147. The molecule has 0 radical (unpaired) electrons. The van der Waals surface area contributed by atoms with Crippen molar-refractivity contribution in [2.75, 3.05) is 5.32 Å². The first-order chi connectivity index (χ1) is 9.42. The fourth-order valence-electron chi connectivity index (χ4n) is 3.13. The number of nitrogens with one attached hydrogen (secondary N) is 1. The summed E-state index contributed by atoms with van der Waals surface area (Å²) >= 11 is 0. The van der Waals surface area contributed by atoms with Crippen molar-refractivity contribution in [3.63, 3.8) is 0 Å². The van der Waals surface area contributed by atoms with Crippen molar-refractivity contribution in [2.45, 2.75) is 58.9 Å². The summed E-state index contributed by atoms with van der Waals surface area (Å²) in [6.07, 6.45) is 5.84. The summed E-state index contributed by atoms with van der Waals surface area (Å²) in [6, 6.07) is 4.42. The average molecular weight is 281 g/mol. The third-order valence-electron chi connectivity index (χ3n) is 5.03. The van der Waals surface area contributed by atoms with Gasteiger partial charge in [-0.1, -0.05) is 27.2 Å². The van der Waals surface area contributed by atoms with Gasteiger partial charge >= 0.3 is 0 Å². The van der Waals surface area contributed by atoms with E-state index in [-0.39, 0.29) is 0 Å². The lowest BCUT2D eigenvalue weighted by atomic mass is 9.69. The van der Waals surface area contributed by atoms with Crippen LogP contribution in [-0.4, -0.2) is 6.04 Å². The van der Waals surface area contributed by atoms with Crippen LogP contribution in [0.15, 0.2) is 18.2 Å². The van der Waals surface area contributed by atoms with Crippen LogP contribution >= 0.6 is 0 Å². The molecule has 1 nitrogen and oxygen atoms in total. The Balaban J connectivity index is 1.90. The van der Waals surface area contributed by atoms with Crippen LogP contribution in [0.1, 0.15) is 52.9 Å². The molecule has 2 rings (SSSR count). The Morgan fingerprint density at radius 3 is 2.30 bits per heavy atom. The molecule has 0 aromatic heterocycles. The maximum absolute atomic E-state index is 13.2. The van der Waals surface area contributed by atoms with Gasteiger partial charge in [-0.3, -0.25) is 0 Å². The SMILES string of the molecule is CCC(C)(C)C1CCC(Nc2ccc(F)c(F)c2)CC1. The van der Waals surface area contributed by atoms with Gasteiger partial charge in [0.05, 0.1) is 0 Å². The van der Waals surface area contributed by atoms with Gasteiger partial charge in [-0.25, -0.2) is 8.78 Å². The van der Waals surface area contributed by atoms with Gasteiger partial charge in [-0.05, 0) is 49.1 Å². The molecule has 0 unspecified atom stereocenters. The van der Waals surface area contributed by atoms with Gasteiger partial charge in [0.25, 0.3) is 0 Å². The summed E-state index contributed by atoms with van der Waals surface area (Å²) < 4.78 is 26.1. The summed E-state index contributed by atoms with van der Waals surface area (Å²) in [5.41, 5.74) is 1.09. The van der Waals surface area contributed by atoms with Gasteiger partial charge in [0.2, 0.25) is 0 Å². The van der Waals surface area contributed by atoms with Crippen LogP contribution in [0.4, 0.5) is 14.5 Å². The van der Waals surface area contributed by atoms with E-state index in [1.165, 1.54) is 31.4 Å². The second-order valence-electron chi connectivity index (χ2n) is 6.66. The van der Waals surface area contributed by atoms with Gasteiger partial charge in [0, 0.05) is 17.8 Å². The van der Waals surface area contributed by atoms with E-state index in [9.17, 15) is 8.78 Å². The summed E-state index contributed by atoms with van der Waals surface area (Å²) in [4.78, 5) is 0. The van der Waals surface area contributed by atoms with Crippen molar-refractivity contribution in [3.8, 4) is 0 Å². The van der Waals surface area contributed by atoms with E-state index >= 15 is 0 Å². The Hall–Kier alpha value is -1.12. The van der Waals surface area contributed by atoms with Crippen LogP contribution in [0.2, 0.25) is 0 Å². The molecule has 1 aromatic rings. The zero-order valence-corrected chi connectivity index (χ0v) is 12.7. The largest absolute Gasteiger partial charge is 0.382 e.